The minimum Gasteiger partial charge on any atom is -0.268 e. The monoisotopic (exact) mass is 337 g/mol. The lowest BCUT2D eigenvalue weighted by Crippen LogP contribution is -2.18. The number of benzene rings is 1. The maximum Gasteiger partial charge on any atom is 0.266 e. The zero-order valence-corrected chi connectivity index (χ0v) is 13.5. The highest BCUT2D eigenvalue weighted by molar-refractivity contribution is 6.30. The van der Waals surface area contributed by atoms with Gasteiger partial charge in [0.1, 0.15) is 5.69 Å². The van der Waals surface area contributed by atoms with Crippen LogP contribution in [0, 0.1) is 0 Å². The number of aryl methyl sites for hydroxylation is 1. The Labute approximate surface area is 142 Å². The lowest BCUT2D eigenvalue weighted by molar-refractivity contribution is 0.712. The Bertz CT molecular complexity index is 1100. The normalized spacial score (nSPS) is 11.1. The van der Waals surface area contributed by atoms with Gasteiger partial charge in [-0.15, -0.1) is 0 Å². The second-order valence-corrected chi connectivity index (χ2v) is 5.75. The van der Waals surface area contributed by atoms with Crippen molar-refractivity contribution in [3.05, 3.63) is 70.4 Å². The number of hydrogen-bond acceptors (Lipinski definition) is 4. The Morgan fingerprint density at radius 2 is 1.83 bits per heavy atom. The number of hydrogen-bond donors (Lipinski definition) is 0. The van der Waals surface area contributed by atoms with Crippen LogP contribution in [-0.4, -0.2) is 24.4 Å². The van der Waals surface area contributed by atoms with E-state index in [0.29, 0.717) is 10.7 Å². The predicted octanol–water partition coefficient (Wildman–Crippen LogP) is 2.81. The molecule has 118 valence electrons. The molecule has 0 radical (unpaired) electrons. The summed E-state index contributed by atoms with van der Waals surface area (Å²) in [5, 5.41) is 9.67. The molecule has 0 atom stereocenters. The van der Waals surface area contributed by atoms with Gasteiger partial charge in [-0.25, -0.2) is 9.20 Å². The van der Waals surface area contributed by atoms with Gasteiger partial charge in [0.2, 0.25) is 0 Å². The molecule has 6 nitrogen and oxygen atoms in total. The zero-order chi connectivity index (χ0) is 16.7. The Balaban J connectivity index is 2.04. The van der Waals surface area contributed by atoms with Crippen molar-refractivity contribution in [2.75, 3.05) is 0 Å². The molecular formula is C17H12ClN5O. The van der Waals surface area contributed by atoms with Crippen LogP contribution < -0.4 is 5.56 Å². The van der Waals surface area contributed by atoms with Crippen LogP contribution in [0.4, 0.5) is 0 Å². The number of nitrogens with zero attached hydrogens (tertiary/aromatic N) is 5. The van der Waals surface area contributed by atoms with Crippen LogP contribution in [0.1, 0.15) is 0 Å². The molecule has 24 heavy (non-hydrogen) atoms. The van der Waals surface area contributed by atoms with Gasteiger partial charge in [0.25, 0.3) is 5.56 Å². The van der Waals surface area contributed by atoms with Gasteiger partial charge in [0, 0.05) is 36.1 Å². The molecular weight excluding hydrogens is 326 g/mol. The van der Waals surface area contributed by atoms with Gasteiger partial charge in [-0.3, -0.25) is 9.78 Å². The van der Waals surface area contributed by atoms with E-state index in [-0.39, 0.29) is 5.56 Å². The lowest BCUT2D eigenvalue weighted by atomic mass is 10.0. The van der Waals surface area contributed by atoms with Crippen LogP contribution in [0.5, 0.6) is 0 Å². The van der Waals surface area contributed by atoms with E-state index in [4.69, 9.17) is 11.6 Å². The average Bonchev–Trinajstić information content (AvgIpc) is 2.97. The van der Waals surface area contributed by atoms with E-state index in [2.05, 4.69) is 15.2 Å². The van der Waals surface area contributed by atoms with Gasteiger partial charge in [0.05, 0.1) is 23.0 Å². The molecule has 4 aromatic rings. The summed E-state index contributed by atoms with van der Waals surface area (Å²) in [5.74, 6) is 0. The number of halogens is 1. The Morgan fingerprint density at radius 3 is 2.58 bits per heavy atom. The summed E-state index contributed by atoms with van der Waals surface area (Å²) >= 11 is 5.99. The standard InChI is InChI=1S/C17H12ClN5O/c1-22-15(24)7-6-13(20-22)16-14-10-19-8-9-23(14)21-17(16)11-2-4-12(18)5-3-11/h2-10H,1H3. The molecule has 0 aliphatic rings. The highest BCUT2D eigenvalue weighted by Crippen LogP contribution is 2.33. The molecule has 0 N–H and O–H groups in total. The first kappa shape index (κ1) is 14.6. The molecule has 0 unspecified atom stereocenters. The van der Waals surface area contributed by atoms with Gasteiger partial charge in [0.15, 0.2) is 0 Å². The fourth-order valence-corrected chi connectivity index (χ4v) is 2.72. The second kappa shape index (κ2) is 5.58. The van der Waals surface area contributed by atoms with Crippen molar-refractivity contribution < 1.29 is 0 Å². The first-order valence-corrected chi connectivity index (χ1v) is 7.64. The SMILES string of the molecule is Cn1nc(-c2c(-c3ccc(Cl)cc3)nn3ccncc23)ccc1=O. The maximum atomic E-state index is 11.6. The molecule has 4 rings (SSSR count). The summed E-state index contributed by atoms with van der Waals surface area (Å²) in [6, 6.07) is 10.6. The number of rotatable bonds is 2. The molecule has 0 aliphatic carbocycles. The highest BCUT2D eigenvalue weighted by Gasteiger charge is 2.18. The van der Waals surface area contributed by atoms with Crippen molar-refractivity contribution in [2.24, 2.45) is 7.05 Å². The Morgan fingerprint density at radius 1 is 1.04 bits per heavy atom. The Hall–Kier alpha value is -2.99. The van der Waals surface area contributed by atoms with E-state index in [1.165, 1.54) is 10.7 Å². The maximum absolute atomic E-state index is 11.6. The first-order valence-electron chi connectivity index (χ1n) is 7.26. The van der Waals surface area contributed by atoms with Crippen molar-refractivity contribution in [3.8, 4) is 22.5 Å². The third kappa shape index (κ3) is 2.37. The third-order valence-electron chi connectivity index (χ3n) is 3.77. The van der Waals surface area contributed by atoms with E-state index in [1.54, 1.807) is 36.2 Å². The van der Waals surface area contributed by atoms with Crippen molar-refractivity contribution >= 4 is 17.1 Å². The molecule has 7 heteroatoms. The third-order valence-corrected chi connectivity index (χ3v) is 4.02. The minimum absolute atomic E-state index is 0.165. The molecule has 0 spiro atoms. The first-order chi connectivity index (χ1) is 11.6. The van der Waals surface area contributed by atoms with Crippen molar-refractivity contribution in [3.63, 3.8) is 0 Å². The van der Waals surface area contributed by atoms with E-state index in [1.807, 2.05) is 24.3 Å². The molecule has 0 aliphatic heterocycles. The number of aromatic nitrogens is 5. The molecule has 0 saturated heterocycles. The smallest absolute Gasteiger partial charge is 0.266 e. The van der Waals surface area contributed by atoms with Gasteiger partial charge < -0.3 is 0 Å². The second-order valence-electron chi connectivity index (χ2n) is 5.32. The van der Waals surface area contributed by atoms with Crippen LogP contribution in [0.15, 0.2) is 59.8 Å². The molecule has 0 saturated carbocycles. The summed E-state index contributed by atoms with van der Waals surface area (Å²) in [7, 11) is 1.62. The molecule has 1 aromatic carbocycles. The molecule has 0 fully saturated rings. The molecule has 0 bridgehead atoms. The minimum atomic E-state index is -0.165. The lowest BCUT2D eigenvalue weighted by Gasteiger charge is -2.04. The molecule has 0 amide bonds. The average molecular weight is 338 g/mol. The van der Waals surface area contributed by atoms with Gasteiger partial charge in [-0.2, -0.15) is 10.2 Å². The summed E-state index contributed by atoms with van der Waals surface area (Å²) in [6.07, 6.45) is 5.18. The summed E-state index contributed by atoms with van der Waals surface area (Å²) in [6.45, 7) is 0. The van der Waals surface area contributed by atoms with Crippen LogP contribution in [0.3, 0.4) is 0 Å². The van der Waals surface area contributed by atoms with Gasteiger partial charge >= 0.3 is 0 Å². The van der Waals surface area contributed by atoms with Gasteiger partial charge in [-0.1, -0.05) is 23.7 Å². The van der Waals surface area contributed by atoms with E-state index < -0.39 is 0 Å². The summed E-state index contributed by atoms with van der Waals surface area (Å²) in [4.78, 5) is 15.8. The molecule has 3 aromatic heterocycles. The summed E-state index contributed by atoms with van der Waals surface area (Å²) in [5.41, 5.74) is 3.79. The topological polar surface area (TPSA) is 65.1 Å². The Kier molecular flexibility index (Phi) is 3.39. The fraction of sp³-hybridized carbons (Fsp3) is 0.0588. The fourth-order valence-electron chi connectivity index (χ4n) is 2.60. The van der Waals surface area contributed by atoms with E-state index in [9.17, 15) is 4.79 Å². The van der Waals surface area contributed by atoms with Crippen molar-refractivity contribution in [1.82, 2.24) is 24.4 Å². The van der Waals surface area contributed by atoms with Crippen molar-refractivity contribution in [2.45, 2.75) is 0 Å². The number of fused-ring (bicyclic) bond motifs is 1. The van der Waals surface area contributed by atoms with Crippen LogP contribution in [0.25, 0.3) is 28.0 Å². The highest BCUT2D eigenvalue weighted by atomic mass is 35.5. The van der Waals surface area contributed by atoms with E-state index >= 15 is 0 Å². The predicted molar refractivity (Wildman–Crippen MR) is 91.9 cm³/mol. The largest absolute Gasteiger partial charge is 0.268 e. The van der Waals surface area contributed by atoms with Crippen LogP contribution >= 0.6 is 11.6 Å². The quantitative estimate of drug-likeness (QED) is 0.564. The molecule has 3 heterocycles. The van der Waals surface area contributed by atoms with Crippen LogP contribution in [0.2, 0.25) is 5.02 Å². The van der Waals surface area contributed by atoms with E-state index in [0.717, 1.165) is 22.3 Å². The van der Waals surface area contributed by atoms with Crippen molar-refractivity contribution in [1.29, 1.82) is 0 Å². The van der Waals surface area contributed by atoms with Gasteiger partial charge in [-0.05, 0) is 18.2 Å². The summed E-state index contributed by atoms with van der Waals surface area (Å²) < 4.78 is 3.06. The zero-order valence-electron chi connectivity index (χ0n) is 12.7. The van der Waals surface area contributed by atoms with Crippen LogP contribution in [-0.2, 0) is 7.05 Å².